The Morgan fingerprint density at radius 2 is 1.82 bits per heavy atom. The maximum absolute atomic E-state index is 13.5. The second-order valence-corrected chi connectivity index (χ2v) is 15.1. The van der Waals surface area contributed by atoms with Gasteiger partial charge in [0.05, 0.1) is 5.69 Å². The average molecular weight is 529 g/mol. The fraction of sp³-hybridized carbons (Fsp3) is 0.414. The second kappa shape index (κ2) is 8.14. The van der Waals surface area contributed by atoms with Crippen molar-refractivity contribution in [3.63, 3.8) is 0 Å². The van der Waals surface area contributed by atoms with Crippen LogP contribution >= 0.6 is 7.14 Å². The van der Waals surface area contributed by atoms with Crippen LogP contribution in [0, 0.1) is 5.41 Å². The predicted octanol–water partition coefficient (Wildman–Crippen LogP) is 3.82. The summed E-state index contributed by atoms with van der Waals surface area (Å²) < 4.78 is 12.7. The summed E-state index contributed by atoms with van der Waals surface area (Å²) in [6.07, 6.45) is 4.71. The fourth-order valence-corrected chi connectivity index (χ4v) is 7.71. The molecule has 2 aromatic carbocycles. The summed E-state index contributed by atoms with van der Waals surface area (Å²) in [7, 11) is -2.40. The van der Waals surface area contributed by atoms with E-state index in [4.69, 9.17) is 10.7 Å². The molecule has 8 nitrogen and oxygen atoms in total. The molecule has 2 aliphatic carbocycles. The van der Waals surface area contributed by atoms with E-state index in [0.717, 1.165) is 61.8 Å². The van der Waals surface area contributed by atoms with E-state index >= 15 is 0 Å². The number of hydrogen-bond acceptors (Lipinski definition) is 6. The van der Waals surface area contributed by atoms with Crippen molar-refractivity contribution < 1.29 is 4.57 Å². The molecule has 38 heavy (non-hydrogen) atoms. The molecule has 0 amide bonds. The van der Waals surface area contributed by atoms with Gasteiger partial charge in [0.1, 0.15) is 12.5 Å². The van der Waals surface area contributed by atoms with Gasteiger partial charge in [-0.25, -0.2) is 0 Å². The van der Waals surface area contributed by atoms with E-state index in [9.17, 15) is 9.36 Å². The first-order chi connectivity index (χ1) is 18.2. The molecule has 2 fully saturated rings. The van der Waals surface area contributed by atoms with Crippen LogP contribution in [0.4, 0.5) is 5.95 Å². The lowest BCUT2D eigenvalue weighted by Crippen LogP contribution is -2.45. The van der Waals surface area contributed by atoms with Crippen molar-refractivity contribution in [2.45, 2.75) is 43.6 Å². The number of nitrogens with zero attached hydrogens (tertiary/aromatic N) is 3. The van der Waals surface area contributed by atoms with Crippen molar-refractivity contribution in [2.24, 2.45) is 11.1 Å². The third kappa shape index (κ3) is 3.53. The first-order valence-electron chi connectivity index (χ1n) is 13.4. The molecule has 4 aromatic rings. The summed E-state index contributed by atoms with van der Waals surface area (Å²) >= 11 is 0. The summed E-state index contributed by atoms with van der Waals surface area (Å²) in [4.78, 5) is 23.5. The lowest BCUT2D eigenvalue weighted by Gasteiger charge is -2.42. The van der Waals surface area contributed by atoms with E-state index in [1.807, 2.05) is 18.2 Å². The number of fused-ring (bicyclic) bond motifs is 2. The van der Waals surface area contributed by atoms with Gasteiger partial charge in [-0.3, -0.25) is 14.9 Å². The molecule has 0 bridgehead atoms. The van der Waals surface area contributed by atoms with Crippen molar-refractivity contribution in [3.8, 4) is 0 Å². The maximum atomic E-state index is 13.5. The number of benzene rings is 2. The van der Waals surface area contributed by atoms with Crippen LogP contribution in [0.1, 0.15) is 54.1 Å². The molecule has 196 valence electrons. The highest BCUT2D eigenvalue weighted by Crippen LogP contribution is 2.54. The zero-order valence-corrected chi connectivity index (χ0v) is 22.7. The fourth-order valence-electron chi connectivity index (χ4n) is 6.82. The Bertz CT molecular complexity index is 1670. The summed E-state index contributed by atoms with van der Waals surface area (Å²) in [5.74, 6) is 0.585. The lowest BCUT2D eigenvalue weighted by atomic mass is 9.73. The molecule has 1 saturated carbocycles. The quantitative estimate of drug-likeness (QED) is 0.347. The highest BCUT2D eigenvalue weighted by molar-refractivity contribution is 7.70. The van der Waals surface area contributed by atoms with E-state index in [-0.39, 0.29) is 22.4 Å². The van der Waals surface area contributed by atoms with Crippen LogP contribution in [0.3, 0.4) is 0 Å². The van der Waals surface area contributed by atoms with Crippen LogP contribution in [-0.4, -0.2) is 46.6 Å². The SMILES string of the molecule is CP(C)(=O)c1cccc(C2(c3n[nH]c4nc(N5CCC6(CC5)Cc5ccccc5[C@H]6N)[nH]c(=O)c34)CC2)c1. The van der Waals surface area contributed by atoms with Crippen LogP contribution < -0.4 is 21.5 Å². The van der Waals surface area contributed by atoms with Gasteiger partial charge in [0.15, 0.2) is 5.65 Å². The number of nitrogens with two attached hydrogens (primary N) is 1. The van der Waals surface area contributed by atoms with Gasteiger partial charge in [-0.1, -0.05) is 42.5 Å². The van der Waals surface area contributed by atoms with E-state index in [1.54, 1.807) is 13.3 Å². The van der Waals surface area contributed by atoms with Gasteiger partial charge in [0.25, 0.3) is 5.56 Å². The van der Waals surface area contributed by atoms with Crippen LogP contribution in [0.5, 0.6) is 0 Å². The molecule has 9 heteroatoms. The molecule has 4 N–H and O–H groups in total. The van der Waals surface area contributed by atoms with E-state index in [1.165, 1.54) is 11.1 Å². The van der Waals surface area contributed by atoms with Gasteiger partial charge in [-0.05, 0) is 73.6 Å². The monoisotopic (exact) mass is 528 g/mol. The molecule has 1 saturated heterocycles. The van der Waals surface area contributed by atoms with E-state index in [0.29, 0.717) is 17.0 Å². The molecule has 0 unspecified atom stereocenters. The third-order valence-corrected chi connectivity index (χ3v) is 10.8. The van der Waals surface area contributed by atoms with Gasteiger partial charge in [0.2, 0.25) is 5.95 Å². The number of anilines is 1. The standard InChI is InChI=1S/C29H33N6O2P/c1-38(2,37)20-8-5-7-19(16-20)29(10-11-29)24-22-25(34-33-24)31-27(32-26(22)36)35-14-12-28(13-15-35)17-18-6-3-4-9-21(18)23(28)30/h3-9,16,23H,10-15,17,30H2,1-2H3,(H2,31,32,33,34,36)/t23-/m1/s1. The smallest absolute Gasteiger partial charge is 0.263 e. The van der Waals surface area contributed by atoms with E-state index < -0.39 is 7.14 Å². The number of hydrogen-bond donors (Lipinski definition) is 3. The summed E-state index contributed by atoms with van der Waals surface area (Å²) in [5, 5.41) is 9.05. The Kier molecular flexibility index (Phi) is 5.11. The molecule has 1 atom stereocenters. The number of H-pyrrole nitrogens is 2. The first kappa shape index (κ1) is 23.9. The molecule has 3 aliphatic rings. The van der Waals surface area contributed by atoms with Crippen LogP contribution in [0.2, 0.25) is 0 Å². The number of piperidine rings is 1. The van der Waals surface area contributed by atoms with Crippen molar-refractivity contribution in [1.82, 2.24) is 20.2 Å². The summed E-state index contributed by atoms with van der Waals surface area (Å²) in [5.41, 5.74) is 11.3. The van der Waals surface area contributed by atoms with Gasteiger partial charge in [-0.15, -0.1) is 0 Å². The second-order valence-electron chi connectivity index (χ2n) is 11.9. The minimum absolute atomic E-state index is 0.0491. The predicted molar refractivity (Wildman–Crippen MR) is 151 cm³/mol. The Morgan fingerprint density at radius 3 is 2.53 bits per heavy atom. The number of aromatic nitrogens is 4. The highest BCUT2D eigenvalue weighted by atomic mass is 31.2. The third-order valence-electron chi connectivity index (χ3n) is 9.29. The normalized spacial score (nSPS) is 21.7. The zero-order valence-electron chi connectivity index (χ0n) is 21.8. The van der Waals surface area contributed by atoms with Crippen LogP contribution in [0.25, 0.3) is 11.0 Å². The summed E-state index contributed by atoms with van der Waals surface area (Å²) in [6.45, 7) is 5.16. The molecule has 7 rings (SSSR count). The molecule has 0 radical (unpaired) electrons. The maximum Gasteiger partial charge on any atom is 0.263 e. The Morgan fingerprint density at radius 1 is 1.05 bits per heavy atom. The molecule has 3 heterocycles. The number of nitrogens with one attached hydrogen (secondary N) is 2. The van der Waals surface area contributed by atoms with Crippen molar-refractivity contribution in [3.05, 3.63) is 81.3 Å². The van der Waals surface area contributed by atoms with Gasteiger partial charge in [0, 0.05) is 29.9 Å². The van der Waals surface area contributed by atoms with Crippen molar-refractivity contribution >= 4 is 29.4 Å². The number of aromatic amines is 2. The molecule has 2 aromatic heterocycles. The topological polar surface area (TPSA) is 121 Å². The molecule has 1 aliphatic heterocycles. The van der Waals surface area contributed by atoms with E-state index in [2.05, 4.69) is 50.4 Å². The minimum Gasteiger partial charge on any atom is -0.342 e. The molecular weight excluding hydrogens is 495 g/mol. The van der Waals surface area contributed by atoms with Crippen LogP contribution in [-0.2, 0) is 16.4 Å². The minimum atomic E-state index is -2.40. The Hall–Kier alpha value is -3.22. The molecular formula is C29H33N6O2P. The van der Waals surface area contributed by atoms with Gasteiger partial charge >= 0.3 is 0 Å². The Balaban J connectivity index is 1.17. The van der Waals surface area contributed by atoms with Crippen molar-refractivity contribution in [2.75, 3.05) is 31.3 Å². The average Bonchev–Trinajstić information content (AvgIpc) is 3.52. The Labute approximate surface area is 221 Å². The lowest BCUT2D eigenvalue weighted by molar-refractivity contribution is 0.187. The van der Waals surface area contributed by atoms with Crippen molar-refractivity contribution in [1.29, 1.82) is 0 Å². The zero-order chi connectivity index (χ0) is 26.3. The first-order valence-corrected chi connectivity index (χ1v) is 16.0. The highest BCUT2D eigenvalue weighted by Gasteiger charge is 2.50. The van der Waals surface area contributed by atoms with Gasteiger partial charge in [-0.2, -0.15) is 10.1 Å². The summed E-state index contributed by atoms with van der Waals surface area (Å²) in [6, 6.07) is 16.5. The van der Waals surface area contributed by atoms with Crippen LogP contribution in [0.15, 0.2) is 53.3 Å². The van der Waals surface area contributed by atoms with Gasteiger partial charge < -0.3 is 15.2 Å². The number of rotatable bonds is 4. The molecule has 1 spiro atoms. The largest absolute Gasteiger partial charge is 0.342 e.